The number of carbonyl (C=O) groups excluding carboxylic acids is 4. The molecule has 0 spiro atoms. The van der Waals surface area contributed by atoms with Gasteiger partial charge in [-0.1, -0.05) is 115 Å². The fourth-order valence-corrected chi connectivity index (χ4v) is 15.2. The zero-order valence-corrected chi connectivity index (χ0v) is 57.7. The Morgan fingerprint density at radius 1 is 0.408 bits per heavy atom. The van der Waals surface area contributed by atoms with E-state index < -0.39 is 57.5 Å². The van der Waals surface area contributed by atoms with Crippen molar-refractivity contribution >= 4 is 29.7 Å². The highest BCUT2D eigenvalue weighted by Crippen LogP contribution is 2.49. The van der Waals surface area contributed by atoms with Gasteiger partial charge in [0.2, 0.25) is 0 Å². The molecule has 12 rings (SSSR count). The first-order valence-corrected chi connectivity index (χ1v) is 34.9. The van der Waals surface area contributed by atoms with E-state index >= 15 is 0 Å². The summed E-state index contributed by atoms with van der Waals surface area (Å²) in [6, 6.07) is 39.9. The number of esters is 1. The van der Waals surface area contributed by atoms with E-state index in [1.807, 2.05) is 70.5 Å². The van der Waals surface area contributed by atoms with Crippen molar-refractivity contribution in [3.8, 4) is 0 Å². The molecule has 6 aliphatic rings. The lowest BCUT2D eigenvalue weighted by Gasteiger charge is -2.43. The minimum absolute atomic E-state index is 0.0597. The fourth-order valence-electron chi connectivity index (χ4n) is 15.2. The molecule has 0 bridgehead atoms. The van der Waals surface area contributed by atoms with E-state index in [0.717, 1.165) is 86.1 Å². The first-order chi connectivity index (χ1) is 48.5. The molecule has 0 heterocycles. The highest BCUT2D eigenvalue weighted by molar-refractivity contribution is 5.96. The maximum atomic E-state index is 14.5. The summed E-state index contributed by atoms with van der Waals surface area (Å²) in [6.07, 6.45) is -2.88. The first kappa shape index (κ1) is 77.4. The number of aliphatic carboxylic acids is 1. The minimum Gasteiger partial charge on any atom is -0.481 e. The Morgan fingerprint density at radius 2 is 0.680 bits per heavy atom. The Bertz CT molecular complexity index is 3930. The van der Waals surface area contributed by atoms with Gasteiger partial charge in [0.15, 0.2) is 16.8 Å². The van der Waals surface area contributed by atoms with Crippen LogP contribution in [0.1, 0.15) is 201 Å². The molecule has 6 aliphatic carbocycles. The molecule has 6 aromatic rings. The van der Waals surface area contributed by atoms with Gasteiger partial charge < -0.3 is 45.0 Å². The standard InChI is InChI=1S/C27H30F3NO4.C26H29F4NO3.C26H28F3NO4/c1-25(34,27(28,29)30)19-10-8-18(9-11-19)23(32)31(21-12-13-21)22-14-16-26(17-15-22,24(33)35-2)20-6-4-3-5-7-20;1-24(34,26(28,29)30)18-8-6-17(7-9-18)23(33)31(19-10-11-19)20-12-14-25(16-32,15-13-20)21-4-2-3-5-22(21)27;1-24(34,26(27,28)29)18-9-7-17(8-10-18)22(31)30(20-11-12-20)21-13-15-25(16-14-21,23(32)33)19-5-3-2-4-6-19/h3-11,21-22,34H,12-17H2,1-2H3;2-9,19-20,32,34H,10-16H2,1H3;2-10,20-21,34H,11-16H2,1H3,(H,32,33)/t22?,25-,26?;20?,24-,25?;21?,24-,25?/m000/s1. The molecule has 0 saturated heterocycles. The van der Waals surface area contributed by atoms with E-state index in [9.17, 15) is 93.4 Å². The summed E-state index contributed by atoms with van der Waals surface area (Å²) >= 11 is 0. The maximum Gasteiger partial charge on any atom is 0.421 e. The van der Waals surface area contributed by atoms with Crippen LogP contribution >= 0.6 is 0 Å². The van der Waals surface area contributed by atoms with Crippen molar-refractivity contribution in [2.75, 3.05) is 13.7 Å². The molecule has 0 aromatic heterocycles. The van der Waals surface area contributed by atoms with Gasteiger partial charge in [-0.3, -0.25) is 24.0 Å². The van der Waals surface area contributed by atoms with Crippen LogP contribution in [0.25, 0.3) is 0 Å². The van der Waals surface area contributed by atoms with Crippen LogP contribution in [0, 0.1) is 5.82 Å². The smallest absolute Gasteiger partial charge is 0.421 e. The van der Waals surface area contributed by atoms with Crippen LogP contribution in [0.5, 0.6) is 0 Å². The van der Waals surface area contributed by atoms with Crippen molar-refractivity contribution in [3.63, 3.8) is 0 Å². The summed E-state index contributed by atoms with van der Waals surface area (Å²) in [5.74, 6) is -2.25. The largest absolute Gasteiger partial charge is 0.481 e. The number of ether oxygens (including phenoxy) is 1. The predicted octanol–water partition coefficient (Wildman–Crippen LogP) is 15.2. The van der Waals surface area contributed by atoms with Crippen LogP contribution in [0.15, 0.2) is 158 Å². The van der Waals surface area contributed by atoms with Gasteiger partial charge in [0, 0.05) is 58.4 Å². The SMILES string of the molecule is COC(=O)C1(c2ccccc2)CCC(N(C(=O)c2ccc([C@](C)(O)C(F)(F)F)cc2)C2CC2)CC1.C[C@](O)(c1ccc(C(=O)N(C2CC2)C2CCC(C(=O)O)(c3ccccc3)CC2)cc1)C(F)(F)F.C[C@](O)(c1ccc(C(=O)N(C2CC2)C2CCC(CO)(c3ccccc3F)CC2)cc1)C(F)(F)F. The van der Waals surface area contributed by atoms with Gasteiger partial charge in [-0.25, -0.2) is 4.39 Å². The van der Waals surface area contributed by atoms with Crippen molar-refractivity contribution in [2.24, 2.45) is 0 Å². The summed E-state index contributed by atoms with van der Waals surface area (Å²) < 4.78 is 138. The number of benzene rings is 6. The van der Waals surface area contributed by atoms with E-state index in [2.05, 4.69) is 0 Å². The second-order valence-corrected chi connectivity index (χ2v) is 29.1. The van der Waals surface area contributed by atoms with Gasteiger partial charge in [0.1, 0.15) is 5.82 Å². The fraction of sp³-hybridized carbons (Fsp3) is 0.481. The molecule has 0 unspecified atom stereocenters. The molecule has 14 nitrogen and oxygen atoms in total. The highest BCUT2D eigenvalue weighted by atomic mass is 19.4. The van der Waals surface area contributed by atoms with Gasteiger partial charge in [-0.2, -0.15) is 39.5 Å². The number of halogens is 10. The lowest BCUT2D eigenvalue weighted by molar-refractivity contribution is -0.259. The van der Waals surface area contributed by atoms with Crippen molar-refractivity contribution in [1.29, 1.82) is 0 Å². The minimum atomic E-state index is -4.84. The Balaban J connectivity index is 0.000000166. The number of hydrogen-bond acceptors (Lipinski definition) is 10. The number of aliphatic hydroxyl groups excluding tert-OH is 1. The quantitative estimate of drug-likeness (QED) is 0.0404. The molecule has 24 heteroatoms. The average molecular weight is 1440 g/mol. The number of hydrogen-bond donors (Lipinski definition) is 5. The second kappa shape index (κ2) is 30.1. The van der Waals surface area contributed by atoms with E-state index in [-0.39, 0.29) is 106 Å². The number of carbonyl (C=O) groups is 5. The molecular formula is C79H87F10N3O11. The van der Waals surface area contributed by atoms with E-state index in [1.165, 1.54) is 49.6 Å². The van der Waals surface area contributed by atoms with Crippen molar-refractivity contribution in [3.05, 3.63) is 214 Å². The Labute approximate surface area is 591 Å². The molecule has 103 heavy (non-hydrogen) atoms. The Kier molecular flexibility index (Phi) is 22.6. The highest BCUT2D eigenvalue weighted by Gasteiger charge is 2.55. The third-order valence-corrected chi connectivity index (χ3v) is 22.4. The normalized spacial score (nSPS) is 24.7. The zero-order valence-electron chi connectivity index (χ0n) is 57.7. The van der Waals surface area contributed by atoms with Crippen LogP contribution in [-0.2, 0) is 47.4 Å². The molecule has 6 aromatic carbocycles. The Morgan fingerprint density at radius 3 is 0.951 bits per heavy atom. The number of methoxy groups -OCH3 is 1. The topological polar surface area (TPSA) is 205 Å². The number of nitrogens with zero attached hydrogens (tertiary/aromatic N) is 3. The number of rotatable bonds is 18. The van der Waals surface area contributed by atoms with Crippen LogP contribution < -0.4 is 0 Å². The van der Waals surface area contributed by atoms with Crippen LogP contribution in [0.2, 0.25) is 0 Å². The van der Waals surface area contributed by atoms with Gasteiger partial charge in [-0.05, 0) is 212 Å². The van der Waals surface area contributed by atoms with Crippen LogP contribution in [0.4, 0.5) is 43.9 Å². The summed E-state index contributed by atoms with van der Waals surface area (Å²) in [6.45, 7) is 1.89. The van der Waals surface area contributed by atoms with Crippen molar-refractivity contribution < 1.29 is 98.1 Å². The summed E-state index contributed by atoms with van der Waals surface area (Å²) in [4.78, 5) is 70.8. The van der Waals surface area contributed by atoms with Gasteiger partial charge in [0.25, 0.3) is 17.7 Å². The molecule has 6 saturated carbocycles. The Hall–Kier alpha value is -8.19. The number of amides is 3. The summed E-state index contributed by atoms with van der Waals surface area (Å²) in [5, 5.41) is 49.9. The summed E-state index contributed by atoms with van der Waals surface area (Å²) in [7, 11) is 1.39. The molecule has 0 radical (unpaired) electrons. The van der Waals surface area contributed by atoms with E-state index in [1.54, 1.807) is 23.1 Å². The lowest BCUT2D eigenvalue weighted by Crippen LogP contribution is -2.49. The van der Waals surface area contributed by atoms with Crippen molar-refractivity contribution in [2.45, 2.75) is 224 Å². The van der Waals surface area contributed by atoms with Crippen LogP contribution in [0.3, 0.4) is 0 Å². The molecule has 3 atom stereocenters. The summed E-state index contributed by atoms with van der Waals surface area (Å²) in [5.41, 5.74) is -9.45. The number of carboxylic acid groups (broad SMARTS) is 1. The molecule has 0 aliphatic heterocycles. The molecule has 3 amide bonds. The molecule has 6 fully saturated rings. The third-order valence-electron chi connectivity index (χ3n) is 22.4. The van der Waals surface area contributed by atoms with Gasteiger partial charge in [-0.15, -0.1) is 0 Å². The van der Waals surface area contributed by atoms with E-state index in [4.69, 9.17) is 4.74 Å². The first-order valence-electron chi connectivity index (χ1n) is 34.9. The van der Waals surface area contributed by atoms with Crippen molar-refractivity contribution in [1.82, 2.24) is 14.7 Å². The predicted molar refractivity (Wildman–Crippen MR) is 362 cm³/mol. The lowest BCUT2D eigenvalue weighted by atomic mass is 9.68. The number of alkyl halides is 9. The molecule has 554 valence electrons. The second-order valence-electron chi connectivity index (χ2n) is 29.1. The monoisotopic (exact) mass is 1440 g/mol. The zero-order chi connectivity index (χ0) is 74.9. The van der Waals surface area contributed by atoms with Crippen LogP contribution in [-0.4, -0.2) is 138 Å². The van der Waals surface area contributed by atoms with E-state index in [0.29, 0.717) is 103 Å². The number of carboxylic acids is 1. The molecule has 5 N–H and O–H groups in total. The number of aliphatic hydroxyl groups is 4. The molecular weight excluding hydrogens is 1360 g/mol. The third kappa shape index (κ3) is 16.1. The average Bonchev–Trinajstić information content (AvgIpc) is 1.73. The van der Waals surface area contributed by atoms with Gasteiger partial charge >= 0.3 is 30.5 Å². The maximum absolute atomic E-state index is 14.5. The van der Waals surface area contributed by atoms with Gasteiger partial charge in [0.05, 0.1) is 24.5 Å².